The van der Waals surface area contributed by atoms with Gasteiger partial charge in [0.05, 0.1) is 26.3 Å². The minimum Gasteiger partial charge on any atom is -0.453 e. The molecule has 3 rings (SSSR count). The predicted octanol–water partition coefficient (Wildman–Crippen LogP) is 2.68. The summed E-state index contributed by atoms with van der Waals surface area (Å²) in [5, 5.41) is 14.4. The molecule has 8 nitrogen and oxygen atoms in total. The number of halogens is 2. The fourth-order valence-corrected chi connectivity index (χ4v) is 3.51. The molecule has 1 aliphatic rings. The number of methoxy groups -OCH3 is 1. The summed E-state index contributed by atoms with van der Waals surface area (Å²) in [7, 11) is 3.04. The van der Waals surface area contributed by atoms with Crippen molar-refractivity contribution in [3.63, 3.8) is 0 Å². The van der Waals surface area contributed by atoms with Crippen LogP contribution in [0.5, 0.6) is 0 Å². The van der Waals surface area contributed by atoms with Crippen molar-refractivity contribution in [3.05, 3.63) is 35.0 Å². The third-order valence-corrected chi connectivity index (χ3v) is 4.99. The Morgan fingerprint density at radius 2 is 2.17 bits per heavy atom. The Morgan fingerprint density at radius 3 is 2.79 bits per heavy atom. The van der Waals surface area contributed by atoms with Gasteiger partial charge in [0, 0.05) is 48.2 Å². The Kier molecular flexibility index (Phi) is 5.92. The molecular formula is C19H25F2N5O3. The van der Waals surface area contributed by atoms with Crippen LogP contribution in [-0.4, -0.2) is 52.7 Å². The molecule has 1 amide bonds. The molecule has 1 atom stereocenters. The second kappa shape index (κ2) is 8.24. The van der Waals surface area contributed by atoms with Gasteiger partial charge in [0.1, 0.15) is 0 Å². The number of hydrogen-bond acceptors (Lipinski definition) is 6. The third-order valence-electron chi connectivity index (χ3n) is 4.99. The smallest absolute Gasteiger partial charge is 0.409 e. The number of aliphatic hydroxyl groups excluding tert-OH is 1. The maximum atomic E-state index is 13.3. The summed E-state index contributed by atoms with van der Waals surface area (Å²) in [6.45, 7) is 2.69. The van der Waals surface area contributed by atoms with Crippen molar-refractivity contribution in [1.82, 2.24) is 14.7 Å². The van der Waals surface area contributed by atoms with Crippen LogP contribution in [0.15, 0.2) is 18.2 Å². The SMILES string of the molecule is COC(=O)N1CCc2c(c(N(C)c3ccc(N)c(C(F)F)c3)nn2CC(C)O)C1. The summed E-state index contributed by atoms with van der Waals surface area (Å²) in [5.41, 5.74) is 7.62. The lowest BCUT2D eigenvalue weighted by atomic mass is 10.1. The zero-order valence-corrected chi connectivity index (χ0v) is 16.6. The van der Waals surface area contributed by atoms with Crippen LogP contribution >= 0.6 is 0 Å². The number of benzene rings is 1. The molecule has 158 valence electrons. The Morgan fingerprint density at radius 1 is 1.45 bits per heavy atom. The van der Waals surface area contributed by atoms with Crippen LogP contribution in [0.1, 0.15) is 30.2 Å². The molecule has 0 saturated carbocycles. The van der Waals surface area contributed by atoms with Gasteiger partial charge in [-0.1, -0.05) is 0 Å². The molecule has 3 N–H and O–H groups in total. The van der Waals surface area contributed by atoms with E-state index in [0.717, 1.165) is 11.3 Å². The number of carbonyl (C=O) groups is 1. The van der Waals surface area contributed by atoms with Crippen LogP contribution in [0, 0.1) is 0 Å². The van der Waals surface area contributed by atoms with Crippen molar-refractivity contribution in [2.24, 2.45) is 0 Å². The second-order valence-corrected chi connectivity index (χ2v) is 7.09. The summed E-state index contributed by atoms with van der Waals surface area (Å²) < 4.78 is 33.1. The molecule has 10 heteroatoms. The highest BCUT2D eigenvalue weighted by atomic mass is 19.3. The molecular weight excluding hydrogens is 384 g/mol. The highest BCUT2D eigenvalue weighted by Crippen LogP contribution is 2.35. The van der Waals surface area contributed by atoms with Crippen molar-refractivity contribution in [2.75, 3.05) is 31.3 Å². The van der Waals surface area contributed by atoms with Gasteiger partial charge in [-0.05, 0) is 25.1 Å². The number of nitrogen functional groups attached to an aromatic ring is 1. The number of alkyl halides is 2. The number of anilines is 3. The first-order valence-corrected chi connectivity index (χ1v) is 9.23. The molecule has 1 unspecified atom stereocenters. The van der Waals surface area contributed by atoms with E-state index in [2.05, 4.69) is 5.10 Å². The summed E-state index contributed by atoms with van der Waals surface area (Å²) in [4.78, 5) is 15.2. The quantitative estimate of drug-likeness (QED) is 0.737. The Balaban J connectivity index is 2.03. The van der Waals surface area contributed by atoms with Crippen LogP contribution < -0.4 is 10.6 Å². The van der Waals surface area contributed by atoms with E-state index in [9.17, 15) is 18.7 Å². The number of rotatable bonds is 5. The Bertz CT molecular complexity index is 900. The lowest BCUT2D eigenvalue weighted by Crippen LogP contribution is -2.36. The fourth-order valence-electron chi connectivity index (χ4n) is 3.51. The van der Waals surface area contributed by atoms with Gasteiger partial charge in [-0.25, -0.2) is 13.6 Å². The molecule has 0 spiro atoms. The van der Waals surface area contributed by atoms with Gasteiger partial charge < -0.3 is 25.4 Å². The number of nitrogens with zero attached hydrogens (tertiary/aromatic N) is 4. The number of ether oxygens (including phenoxy) is 1. The highest BCUT2D eigenvalue weighted by Gasteiger charge is 2.30. The molecule has 2 aromatic rings. The lowest BCUT2D eigenvalue weighted by Gasteiger charge is -2.28. The largest absolute Gasteiger partial charge is 0.453 e. The van der Waals surface area contributed by atoms with Crippen LogP contribution in [0.3, 0.4) is 0 Å². The first kappa shape index (κ1) is 20.8. The minimum atomic E-state index is -2.69. The maximum Gasteiger partial charge on any atom is 0.409 e. The molecule has 0 radical (unpaired) electrons. The number of aromatic nitrogens is 2. The van der Waals surface area contributed by atoms with E-state index in [1.54, 1.807) is 34.5 Å². The molecule has 0 saturated heterocycles. The number of hydrogen-bond donors (Lipinski definition) is 2. The summed E-state index contributed by atoms with van der Waals surface area (Å²) in [5.74, 6) is 0.527. The van der Waals surface area contributed by atoms with E-state index < -0.39 is 18.6 Å². The normalized spacial score (nSPS) is 14.7. The zero-order valence-electron chi connectivity index (χ0n) is 16.6. The number of aliphatic hydroxyl groups is 1. The summed E-state index contributed by atoms with van der Waals surface area (Å²) in [6.07, 6.45) is -3.21. The Labute approximate surface area is 167 Å². The monoisotopic (exact) mass is 409 g/mol. The van der Waals surface area contributed by atoms with Gasteiger partial charge in [0.25, 0.3) is 6.43 Å². The van der Waals surface area contributed by atoms with Crippen molar-refractivity contribution in [3.8, 4) is 0 Å². The summed E-state index contributed by atoms with van der Waals surface area (Å²) in [6, 6.07) is 4.41. The van der Waals surface area contributed by atoms with Crippen LogP contribution in [-0.2, 0) is 24.2 Å². The molecule has 1 aromatic heterocycles. The van der Waals surface area contributed by atoms with Crippen LogP contribution in [0.2, 0.25) is 0 Å². The number of nitrogens with two attached hydrogens (primary N) is 1. The van der Waals surface area contributed by atoms with Gasteiger partial charge in [-0.2, -0.15) is 5.10 Å². The van der Waals surface area contributed by atoms with E-state index in [1.165, 1.54) is 19.2 Å². The fraction of sp³-hybridized carbons (Fsp3) is 0.474. The predicted molar refractivity (Wildman–Crippen MR) is 104 cm³/mol. The topological polar surface area (TPSA) is 96.9 Å². The Hall–Kier alpha value is -2.88. The van der Waals surface area contributed by atoms with Crippen molar-refractivity contribution >= 4 is 23.3 Å². The average Bonchev–Trinajstić information content (AvgIpc) is 3.04. The van der Waals surface area contributed by atoms with Gasteiger partial charge in [0.2, 0.25) is 0 Å². The van der Waals surface area contributed by atoms with E-state index in [0.29, 0.717) is 31.0 Å². The maximum absolute atomic E-state index is 13.3. The van der Waals surface area contributed by atoms with Crippen molar-refractivity contribution < 1.29 is 23.4 Å². The van der Waals surface area contributed by atoms with Crippen molar-refractivity contribution in [1.29, 1.82) is 0 Å². The molecule has 0 aliphatic carbocycles. The van der Waals surface area contributed by atoms with Gasteiger partial charge in [-0.15, -0.1) is 0 Å². The van der Waals surface area contributed by atoms with Gasteiger partial charge >= 0.3 is 6.09 Å². The van der Waals surface area contributed by atoms with Crippen molar-refractivity contribution in [2.45, 2.75) is 39.0 Å². The number of fused-ring (bicyclic) bond motifs is 1. The first-order valence-electron chi connectivity index (χ1n) is 9.23. The van der Waals surface area contributed by atoms with Crippen LogP contribution in [0.25, 0.3) is 0 Å². The molecule has 1 aliphatic heterocycles. The lowest BCUT2D eigenvalue weighted by molar-refractivity contribution is 0.117. The molecule has 29 heavy (non-hydrogen) atoms. The summed E-state index contributed by atoms with van der Waals surface area (Å²) >= 11 is 0. The van der Waals surface area contributed by atoms with Gasteiger partial charge in [-0.3, -0.25) is 4.68 Å². The highest BCUT2D eigenvalue weighted by molar-refractivity contribution is 5.71. The third kappa shape index (κ3) is 4.12. The van der Waals surface area contributed by atoms with E-state index in [1.807, 2.05) is 0 Å². The van der Waals surface area contributed by atoms with E-state index in [4.69, 9.17) is 10.5 Å². The molecule has 1 aromatic carbocycles. The van der Waals surface area contributed by atoms with E-state index in [-0.39, 0.29) is 17.8 Å². The first-order chi connectivity index (χ1) is 13.7. The molecule has 2 heterocycles. The standard InChI is InChI=1S/C19H25F2N5O3/c1-11(27)9-26-16-6-7-25(19(28)29-3)10-14(16)18(23-26)24(2)12-4-5-15(22)13(8-12)17(20)21/h4-5,8,11,17,27H,6-7,9-10,22H2,1-3H3. The molecule has 0 bridgehead atoms. The van der Waals surface area contributed by atoms with Gasteiger partial charge in [0.15, 0.2) is 5.82 Å². The second-order valence-electron chi connectivity index (χ2n) is 7.09. The number of carbonyl (C=O) groups excluding carboxylic acids is 1. The zero-order chi connectivity index (χ0) is 21.3. The van der Waals surface area contributed by atoms with E-state index >= 15 is 0 Å². The number of amides is 1. The van der Waals surface area contributed by atoms with Crippen LogP contribution in [0.4, 0.5) is 30.8 Å². The average molecular weight is 409 g/mol. The minimum absolute atomic E-state index is 0.0238. The molecule has 0 fully saturated rings.